The topological polar surface area (TPSA) is 15.3 Å². The predicted molar refractivity (Wildman–Crippen MR) is 78.9 cm³/mol. The Hall–Kier alpha value is -0.0800. The first-order valence-corrected chi connectivity index (χ1v) is 8.26. The molecule has 0 aromatic rings. The molecule has 1 saturated heterocycles. The molecule has 0 aromatic heterocycles. The summed E-state index contributed by atoms with van der Waals surface area (Å²) in [6.45, 7) is 5.01. The number of hydrogen-bond donors (Lipinski definition) is 1. The Kier molecular flexibility index (Phi) is 5.97. The van der Waals surface area contributed by atoms with E-state index in [1.54, 1.807) is 0 Å². The van der Waals surface area contributed by atoms with Crippen molar-refractivity contribution in [1.29, 1.82) is 0 Å². The van der Waals surface area contributed by atoms with Crippen molar-refractivity contribution in [3.8, 4) is 0 Å². The zero-order chi connectivity index (χ0) is 12.8. The lowest BCUT2D eigenvalue weighted by Crippen LogP contribution is -2.36. The highest BCUT2D eigenvalue weighted by Crippen LogP contribution is 2.35. The van der Waals surface area contributed by atoms with Gasteiger partial charge in [0.1, 0.15) is 0 Å². The van der Waals surface area contributed by atoms with Crippen LogP contribution in [0.1, 0.15) is 64.7 Å². The third kappa shape index (κ3) is 3.71. The molecule has 1 aliphatic carbocycles. The number of rotatable bonds is 7. The molecule has 0 radical (unpaired) electrons. The van der Waals surface area contributed by atoms with Crippen molar-refractivity contribution in [2.45, 2.75) is 76.8 Å². The minimum Gasteiger partial charge on any atom is -0.317 e. The lowest BCUT2D eigenvalue weighted by Gasteiger charge is -2.29. The van der Waals surface area contributed by atoms with Crippen LogP contribution in [0.3, 0.4) is 0 Å². The molecule has 2 unspecified atom stereocenters. The Labute approximate surface area is 114 Å². The fourth-order valence-electron chi connectivity index (χ4n) is 4.10. The third-order valence-electron chi connectivity index (χ3n) is 5.26. The van der Waals surface area contributed by atoms with Crippen LogP contribution in [0.4, 0.5) is 0 Å². The van der Waals surface area contributed by atoms with E-state index in [1.165, 1.54) is 70.9 Å². The maximum absolute atomic E-state index is 3.42. The van der Waals surface area contributed by atoms with Crippen molar-refractivity contribution in [3.05, 3.63) is 0 Å². The van der Waals surface area contributed by atoms with Gasteiger partial charge in [0.2, 0.25) is 0 Å². The molecular formula is C16H32N2. The van der Waals surface area contributed by atoms with E-state index in [4.69, 9.17) is 0 Å². The smallest absolute Gasteiger partial charge is 0.0124 e. The highest BCUT2D eigenvalue weighted by Gasteiger charge is 2.32. The lowest BCUT2D eigenvalue weighted by atomic mass is 9.96. The lowest BCUT2D eigenvalue weighted by molar-refractivity contribution is 0.185. The van der Waals surface area contributed by atoms with Gasteiger partial charge in [-0.25, -0.2) is 0 Å². The SMILES string of the molecule is CCC(CCCN1CCCC1C1CCCC1)NC. The number of hydrogen-bond acceptors (Lipinski definition) is 2. The Morgan fingerprint density at radius 2 is 1.94 bits per heavy atom. The van der Waals surface area contributed by atoms with Gasteiger partial charge < -0.3 is 10.2 Å². The monoisotopic (exact) mass is 252 g/mol. The van der Waals surface area contributed by atoms with Gasteiger partial charge in [0.05, 0.1) is 0 Å². The first-order valence-electron chi connectivity index (χ1n) is 8.26. The van der Waals surface area contributed by atoms with Gasteiger partial charge in [-0.15, -0.1) is 0 Å². The van der Waals surface area contributed by atoms with Crippen molar-refractivity contribution in [1.82, 2.24) is 10.2 Å². The zero-order valence-electron chi connectivity index (χ0n) is 12.5. The van der Waals surface area contributed by atoms with Crippen LogP contribution < -0.4 is 5.32 Å². The predicted octanol–water partition coefficient (Wildman–Crippen LogP) is 3.42. The minimum absolute atomic E-state index is 0.734. The molecule has 2 rings (SSSR count). The summed E-state index contributed by atoms with van der Waals surface area (Å²) < 4.78 is 0. The van der Waals surface area contributed by atoms with Crippen LogP contribution in [0, 0.1) is 5.92 Å². The zero-order valence-corrected chi connectivity index (χ0v) is 12.5. The van der Waals surface area contributed by atoms with E-state index in [-0.39, 0.29) is 0 Å². The molecule has 18 heavy (non-hydrogen) atoms. The number of nitrogens with one attached hydrogen (secondary N) is 1. The largest absolute Gasteiger partial charge is 0.317 e. The van der Waals surface area contributed by atoms with Gasteiger partial charge in [0, 0.05) is 12.1 Å². The molecule has 1 N–H and O–H groups in total. The maximum atomic E-state index is 3.42. The average molecular weight is 252 g/mol. The molecule has 106 valence electrons. The quantitative estimate of drug-likeness (QED) is 0.747. The minimum atomic E-state index is 0.734. The van der Waals surface area contributed by atoms with Crippen LogP contribution in [-0.2, 0) is 0 Å². The van der Waals surface area contributed by atoms with Crippen molar-refractivity contribution >= 4 is 0 Å². The van der Waals surface area contributed by atoms with E-state index in [1.807, 2.05) is 0 Å². The second-order valence-corrected chi connectivity index (χ2v) is 6.33. The standard InChI is InChI=1S/C16H32N2/c1-3-15(17-2)10-6-12-18-13-7-11-16(18)14-8-4-5-9-14/h14-17H,3-13H2,1-2H3. The molecule has 0 spiro atoms. The van der Waals surface area contributed by atoms with Crippen molar-refractivity contribution < 1.29 is 0 Å². The van der Waals surface area contributed by atoms with Crippen LogP contribution in [0.15, 0.2) is 0 Å². The van der Waals surface area contributed by atoms with Crippen molar-refractivity contribution in [2.24, 2.45) is 5.92 Å². The molecule has 2 nitrogen and oxygen atoms in total. The summed E-state index contributed by atoms with van der Waals surface area (Å²) >= 11 is 0. The molecule has 1 aliphatic heterocycles. The molecule has 1 heterocycles. The molecule has 2 heteroatoms. The van der Waals surface area contributed by atoms with Crippen LogP contribution in [0.5, 0.6) is 0 Å². The molecule has 2 aliphatic rings. The molecule has 1 saturated carbocycles. The van der Waals surface area contributed by atoms with E-state index in [2.05, 4.69) is 24.2 Å². The summed E-state index contributed by atoms with van der Waals surface area (Å²) in [7, 11) is 2.10. The van der Waals surface area contributed by atoms with Crippen LogP contribution in [0.25, 0.3) is 0 Å². The molecule has 2 atom stereocenters. The summed E-state index contributed by atoms with van der Waals surface area (Å²) in [5, 5.41) is 3.42. The van der Waals surface area contributed by atoms with Gasteiger partial charge in [0.15, 0.2) is 0 Å². The Morgan fingerprint density at radius 1 is 1.17 bits per heavy atom. The van der Waals surface area contributed by atoms with Crippen molar-refractivity contribution in [2.75, 3.05) is 20.1 Å². The molecule has 2 fully saturated rings. The second-order valence-electron chi connectivity index (χ2n) is 6.33. The molecular weight excluding hydrogens is 220 g/mol. The van der Waals surface area contributed by atoms with E-state index in [9.17, 15) is 0 Å². The summed E-state index contributed by atoms with van der Waals surface area (Å²) in [5.74, 6) is 1.04. The fourth-order valence-corrected chi connectivity index (χ4v) is 4.10. The van der Waals surface area contributed by atoms with E-state index in [0.717, 1.165) is 18.0 Å². The van der Waals surface area contributed by atoms with Gasteiger partial charge in [0.25, 0.3) is 0 Å². The number of likely N-dealkylation sites (tertiary alicyclic amines) is 1. The normalized spacial score (nSPS) is 28.0. The van der Waals surface area contributed by atoms with Crippen molar-refractivity contribution in [3.63, 3.8) is 0 Å². The van der Waals surface area contributed by atoms with Gasteiger partial charge in [-0.3, -0.25) is 0 Å². The number of nitrogens with zero attached hydrogens (tertiary/aromatic N) is 1. The molecule has 0 bridgehead atoms. The second kappa shape index (κ2) is 7.49. The van der Waals surface area contributed by atoms with Gasteiger partial charge in [-0.2, -0.15) is 0 Å². The van der Waals surface area contributed by atoms with Crippen LogP contribution in [0.2, 0.25) is 0 Å². The average Bonchev–Trinajstić information content (AvgIpc) is 3.04. The maximum Gasteiger partial charge on any atom is 0.0124 e. The summed E-state index contributed by atoms with van der Waals surface area (Å²) in [5.41, 5.74) is 0. The third-order valence-corrected chi connectivity index (χ3v) is 5.26. The van der Waals surface area contributed by atoms with Gasteiger partial charge in [-0.05, 0) is 71.0 Å². The van der Waals surface area contributed by atoms with Gasteiger partial charge in [-0.1, -0.05) is 19.8 Å². The molecule has 0 amide bonds. The van der Waals surface area contributed by atoms with E-state index in [0.29, 0.717) is 0 Å². The highest BCUT2D eigenvalue weighted by molar-refractivity contribution is 4.87. The van der Waals surface area contributed by atoms with Gasteiger partial charge >= 0.3 is 0 Å². The summed E-state index contributed by atoms with van der Waals surface area (Å²) in [6, 6.07) is 1.68. The highest BCUT2D eigenvalue weighted by atomic mass is 15.2. The Morgan fingerprint density at radius 3 is 2.61 bits per heavy atom. The Bertz CT molecular complexity index is 219. The van der Waals surface area contributed by atoms with Crippen LogP contribution >= 0.6 is 0 Å². The first kappa shape index (κ1) is 14.3. The van der Waals surface area contributed by atoms with Crippen LogP contribution in [-0.4, -0.2) is 37.1 Å². The first-order chi connectivity index (χ1) is 8.85. The van der Waals surface area contributed by atoms with E-state index >= 15 is 0 Å². The summed E-state index contributed by atoms with van der Waals surface area (Å²) in [6.07, 6.45) is 12.9. The molecule has 0 aromatic carbocycles. The Balaban J connectivity index is 1.70. The summed E-state index contributed by atoms with van der Waals surface area (Å²) in [4.78, 5) is 2.82. The van der Waals surface area contributed by atoms with E-state index < -0.39 is 0 Å². The fraction of sp³-hybridized carbons (Fsp3) is 1.00.